The van der Waals surface area contributed by atoms with E-state index in [4.69, 9.17) is 20.9 Å². The fourth-order valence-electron chi connectivity index (χ4n) is 2.26. The van der Waals surface area contributed by atoms with Crippen LogP contribution in [0, 0.1) is 0 Å². The smallest absolute Gasteiger partial charge is 0.156 e. The lowest BCUT2D eigenvalue weighted by Gasteiger charge is -2.06. The second-order valence-corrected chi connectivity index (χ2v) is 4.97. The van der Waals surface area contributed by atoms with Gasteiger partial charge in [-0.05, 0) is 18.6 Å². The number of fused-ring (bicyclic) bond motifs is 1. The summed E-state index contributed by atoms with van der Waals surface area (Å²) in [5.74, 6) is 2.67. The first kappa shape index (κ1) is 13.9. The largest absolute Gasteiger partial charge is 0.491 e. The van der Waals surface area contributed by atoms with Crippen LogP contribution in [0.2, 0.25) is 0 Å². The van der Waals surface area contributed by atoms with E-state index < -0.39 is 0 Å². The number of nitrogens with zero attached hydrogens (tertiary/aromatic N) is 3. The van der Waals surface area contributed by atoms with Crippen molar-refractivity contribution in [1.29, 1.82) is 0 Å². The Labute approximate surface area is 127 Å². The Hall–Kier alpha value is -2.01. The van der Waals surface area contributed by atoms with Crippen LogP contribution in [-0.2, 0) is 12.4 Å². The SMILES string of the molecule is CCCOc1cccc2c1nc(CCl)n2Cc1ccno1. The predicted molar refractivity (Wildman–Crippen MR) is 80.7 cm³/mol. The summed E-state index contributed by atoms with van der Waals surface area (Å²) in [5, 5.41) is 3.73. The van der Waals surface area contributed by atoms with Gasteiger partial charge in [-0.2, -0.15) is 0 Å². The zero-order valence-corrected chi connectivity index (χ0v) is 12.5. The first-order valence-electron chi connectivity index (χ1n) is 6.90. The van der Waals surface area contributed by atoms with Gasteiger partial charge in [-0.15, -0.1) is 11.6 Å². The van der Waals surface area contributed by atoms with Crippen LogP contribution in [0.5, 0.6) is 5.75 Å². The molecule has 3 rings (SSSR count). The van der Waals surface area contributed by atoms with Gasteiger partial charge in [-0.1, -0.05) is 18.1 Å². The Balaban J connectivity index is 2.05. The minimum atomic E-state index is 0.329. The summed E-state index contributed by atoms with van der Waals surface area (Å²) in [6.45, 7) is 3.30. The number of imidazole rings is 1. The van der Waals surface area contributed by atoms with Gasteiger partial charge in [0, 0.05) is 6.07 Å². The van der Waals surface area contributed by atoms with E-state index in [2.05, 4.69) is 17.1 Å². The quantitative estimate of drug-likeness (QED) is 0.653. The van der Waals surface area contributed by atoms with Crippen LogP contribution in [0.4, 0.5) is 0 Å². The molecule has 0 fully saturated rings. The molecule has 5 nitrogen and oxygen atoms in total. The van der Waals surface area contributed by atoms with E-state index in [1.54, 1.807) is 6.20 Å². The van der Waals surface area contributed by atoms with Crippen molar-refractivity contribution in [2.45, 2.75) is 25.8 Å². The predicted octanol–water partition coefficient (Wildman–Crippen LogP) is 3.60. The summed E-state index contributed by atoms with van der Waals surface area (Å²) >= 11 is 6.03. The summed E-state index contributed by atoms with van der Waals surface area (Å²) in [5.41, 5.74) is 1.82. The minimum Gasteiger partial charge on any atom is -0.491 e. The Morgan fingerprint density at radius 2 is 2.24 bits per heavy atom. The van der Waals surface area contributed by atoms with Gasteiger partial charge in [0.15, 0.2) is 5.76 Å². The highest BCUT2D eigenvalue weighted by Crippen LogP contribution is 2.27. The van der Waals surface area contributed by atoms with Gasteiger partial charge in [0.2, 0.25) is 0 Å². The van der Waals surface area contributed by atoms with E-state index in [9.17, 15) is 0 Å². The number of aromatic nitrogens is 3. The second-order valence-electron chi connectivity index (χ2n) is 4.70. The average Bonchev–Trinajstić information content (AvgIpc) is 3.14. The van der Waals surface area contributed by atoms with Crippen LogP contribution in [0.3, 0.4) is 0 Å². The zero-order chi connectivity index (χ0) is 14.7. The van der Waals surface area contributed by atoms with E-state index in [0.29, 0.717) is 19.0 Å². The molecule has 0 atom stereocenters. The maximum Gasteiger partial charge on any atom is 0.156 e. The third-order valence-corrected chi connectivity index (χ3v) is 3.45. The standard InChI is InChI=1S/C15H16ClN3O2/c1-2-8-20-13-5-3-4-12-15(13)18-14(9-16)19(12)10-11-6-7-17-21-11/h3-7H,2,8-10H2,1H3. The van der Waals surface area contributed by atoms with E-state index >= 15 is 0 Å². The number of halogens is 1. The second kappa shape index (κ2) is 6.18. The van der Waals surface area contributed by atoms with E-state index in [1.807, 2.05) is 28.8 Å². The molecule has 2 heterocycles. The fraction of sp³-hybridized carbons (Fsp3) is 0.333. The summed E-state index contributed by atoms with van der Waals surface area (Å²) in [4.78, 5) is 4.61. The normalized spacial score (nSPS) is 11.1. The number of benzene rings is 1. The van der Waals surface area contributed by atoms with Gasteiger partial charge >= 0.3 is 0 Å². The van der Waals surface area contributed by atoms with Gasteiger partial charge < -0.3 is 13.8 Å². The monoisotopic (exact) mass is 305 g/mol. The van der Waals surface area contributed by atoms with Crippen molar-refractivity contribution in [1.82, 2.24) is 14.7 Å². The third kappa shape index (κ3) is 2.74. The van der Waals surface area contributed by atoms with E-state index in [-0.39, 0.29) is 0 Å². The molecule has 0 bridgehead atoms. The van der Waals surface area contributed by atoms with Gasteiger partial charge in [-0.25, -0.2) is 4.98 Å². The highest BCUT2D eigenvalue weighted by atomic mass is 35.5. The molecule has 0 unspecified atom stereocenters. The number of alkyl halides is 1. The molecular formula is C15H16ClN3O2. The molecule has 0 amide bonds. The van der Waals surface area contributed by atoms with Crippen LogP contribution in [0.1, 0.15) is 24.9 Å². The van der Waals surface area contributed by atoms with Crippen molar-refractivity contribution in [3.63, 3.8) is 0 Å². The summed E-state index contributed by atoms with van der Waals surface area (Å²) < 4.78 is 13.0. The average molecular weight is 306 g/mol. The maximum atomic E-state index is 6.03. The highest BCUT2D eigenvalue weighted by Gasteiger charge is 2.15. The molecule has 0 aliphatic carbocycles. The van der Waals surface area contributed by atoms with Crippen LogP contribution >= 0.6 is 11.6 Å². The van der Waals surface area contributed by atoms with Crippen LogP contribution in [-0.4, -0.2) is 21.3 Å². The van der Waals surface area contributed by atoms with Gasteiger partial charge in [0.25, 0.3) is 0 Å². The molecule has 3 aromatic rings. The van der Waals surface area contributed by atoms with Crippen molar-refractivity contribution in [3.05, 3.63) is 42.0 Å². The molecule has 0 saturated carbocycles. The first-order valence-corrected chi connectivity index (χ1v) is 7.43. The fourth-order valence-corrected chi connectivity index (χ4v) is 2.46. The van der Waals surface area contributed by atoms with Crippen molar-refractivity contribution in [2.75, 3.05) is 6.61 Å². The lowest BCUT2D eigenvalue weighted by molar-refractivity contribution is 0.320. The van der Waals surface area contributed by atoms with Crippen LogP contribution < -0.4 is 4.74 Å². The molecule has 0 saturated heterocycles. The molecule has 0 aliphatic heterocycles. The minimum absolute atomic E-state index is 0.329. The van der Waals surface area contributed by atoms with E-state index in [1.165, 1.54) is 0 Å². The van der Waals surface area contributed by atoms with Crippen LogP contribution in [0.15, 0.2) is 35.0 Å². The lowest BCUT2D eigenvalue weighted by Crippen LogP contribution is -2.03. The first-order chi connectivity index (χ1) is 10.3. The summed E-state index contributed by atoms with van der Waals surface area (Å²) in [7, 11) is 0. The summed E-state index contributed by atoms with van der Waals surface area (Å²) in [6, 6.07) is 7.74. The molecule has 21 heavy (non-hydrogen) atoms. The van der Waals surface area contributed by atoms with Crippen molar-refractivity contribution in [2.24, 2.45) is 0 Å². The summed E-state index contributed by atoms with van der Waals surface area (Å²) in [6.07, 6.45) is 2.59. The molecular weight excluding hydrogens is 290 g/mol. The molecule has 110 valence electrons. The van der Waals surface area contributed by atoms with Crippen molar-refractivity contribution in [3.8, 4) is 5.75 Å². The Morgan fingerprint density at radius 1 is 1.33 bits per heavy atom. The number of para-hydroxylation sites is 1. The van der Waals surface area contributed by atoms with Crippen molar-refractivity contribution < 1.29 is 9.26 Å². The zero-order valence-electron chi connectivity index (χ0n) is 11.8. The van der Waals surface area contributed by atoms with Crippen LogP contribution in [0.25, 0.3) is 11.0 Å². The number of ether oxygens (including phenoxy) is 1. The number of hydrogen-bond acceptors (Lipinski definition) is 4. The molecule has 0 aliphatic rings. The van der Waals surface area contributed by atoms with Gasteiger partial charge in [-0.3, -0.25) is 0 Å². The molecule has 0 N–H and O–H groups in total. The lowest BCUT2D eigenvalue weighted by atomic mass is 10.3. The molecule has 0 spiro atoms. The van der Waals surface area contributed by atoms with E-state index in [0.717, 1.165) is 34.8 Å². The molecule has 6 heteroatoms. The topological polar surface area (TPSA) is 53.1 Å². The third-order valence-electron chi connectivity index (χ3n) is 3.21. The number of hydrogen-bond donors (Lipinski definition) is 0. The number of rotatable bonds is 6. The van der Waals surface area contributed by atoms with Gasteiger partial charge in [0.1, 0.15) is 17.1 Å². The Morgan fingerprint density at radius 3 is 2.95 bits per heavy atom. The Bertz CT molecular complexity index is 722. The highest BCUT2D eigenvalue weighted by molar-refractivity contribution is 6.16. The molecule has 2 aromatic heterocycles. The maximum absolute atomic E-state index is 6.03. The van der Waals surface area contributed by atoms with Crippen molar-refractivity contribution >= 4 is 22.6 Å². The molecule has 0 radical (unpaired) electrons. The Kier molecular flexibility index (Phi) is 4.10. The van der Waals surface area contributed by atoms with Gasteiger partial charge in [0.05, 0.1) is 30.7 Å². The molecule has 1 aromatic carbocycles.